The molecule has 21 heavy (non-hydrogen) atoms. The van der Waals surface area contributed by atoms with Gasteiger partial charge in [-0.1, -0.05) is 6.07 Å². The van der Waals surface area contributed by atoms with Gasteiger partial charge in [0, 0.05) is 18.3 Å². The van der Waals surface area contributed by atoms with E-state index in [1.54, 1.807) is 18.2 Å². The van der Waals surface area contributed by atoms with Crippen LogP contribution in [0.2, 0.25) is 0 Å². The molecule has 0 aliphatic rings. The Balaban J connectivity index is 2.06. The smallest absolute Gasteiger partial charge is 0.167 e. The zero-order valence-corrected chi connectivity index (χ0v) is 12.1. The van der Waals surface area contributed by atoms with Crippen molar-refractivity contribution in [3.05, 3.63) is 58.9 Å². The number of halogens is 1. The summed E-state index contributed by atoms with van der Waals surface area (Å²) in [6, 6.07) is 12.5. The Hall–Kier alpha value is -2.54. The van der Waals surface area contributed by atoms with Crippen molar-refractivity contribution in [1.29, 1.82) is 5.26 Å². The molecule has 108 valence electrons. The molecule has 2 rings (SSSR count). The summed E-state index contributed by atoms with van der Waals surface area (Å²) in [6.45, 7) is 4.79. The van der Waals surface area contributed by atoms with Crippen molar-refractivity contribution in [2.45, 2.75) is 20.4 Å². The zero-order valence-electron chi connectivity index (χ0n) is 12.1. The zero-order chi connectivity index (χ0) is 15.2. The molecule has 0 aliphatic heterocycles. The summed E-state index contributed by atoms with van der Waals surface area (Å²) in [4.78, 5) is 0. The van der Waals surface area contributed by atoms with Crippen LogP contribution >= 0.6 is 0 Å². The fraction of sp³-hybridized carbons (Fsp3) is 0.235. The van der Waals surface area contributed by atoms with Crippen LogP contribution in [-0.4, -0.2) is 6.61 Å². The molecule has 0 amide bonds. The minimum atomic E-state index is -0.376. The van der Waals surface area contributed by atoms with Crippen molar-refractivity contribution in [3.63, 3.8) is 0 Å². The molecule has 0 aliphatic carbocycles. The van der Waals surface area contributed by atoms with Crippen LogP contribution < -0.4 is 10.1 Å². The van der Waals surface area contributed by atoms with E-state index in [4.69, 9.17) is 10.00 Å². The number of hydrogen-bond acceptors (Lipinski definition) is 3. The minimum Gasteiger partial charge on any atom is -0.491 e. The number of nitrogens with one attached hydrogen (secondary N) is 1. The van der Waals surface area contributed by atoms with Crippen LogP contribution in [0.3, 0.4) is 0 Å². The van der Waals surface area contributed by atoms with Gasteiger partial charge < -0.3 is 10.1 Å². The summed E-state index contributed by atoms with van der Waals surface area (Å²) >= 11 is 0. The number of nitriles is 1. The maximum absolute atomic E-state index is 13.7. The summed E-state index contributed by atoms with van der Waals surface area (Å²) in [5.41, 5.74) is 3.44. The van der Waals surface area contributed by atoms with Gasteiger partial charge in [-0.2, -0.15) is 5.26 Å². The molecule has 4 heteroatoms. The third kappa shape index (κ3) is 3.73. The first-order valence-corrected chi connectivity index (χ1v) is 6.80. The Labute approximate surface area is 124 Å². The molecule has 0 heterocycles. The molecule has 0 unspecified atom stereocenters. The lowest BCUT2D eigenvalue weighted by atomic mass is 10.1. The summed E-state index contributed by atoms with van der Waals surface area (Å²) < 4.78 is 18.9. The van der Waals surface area contributed by atoms with E-state index in [9.17, 15) is 4.39 Å². The van der Waals surface area contributed by atoms with Crippen molar-refractivity contribution in [2.24, 2.45) is 0 Å². The fourth-order valence-electron chi connectivity index (χ4n) is 2.04. The van der Waals surface area contributed by atoms with Crippen LogP contribution in [0.15, 0.2) is 36.4 Å². The largest absolute Gasteiger partial charge is 0.491 e. The number of benzene rings is 2. The van der Waals surface area contributed by atoms with Crippen LogP contribution in [0.25, 0.3) is 0 Å². The summed E-state index contributed by atoms with van der Waals surface area (Å²) in [6.07, 6.45) is 0. The molecule has 0 fully saturated rings. The molecule has 0 bridgehead atoms. The predicted octanol–water partition coefficient (Wildman–Crippen LogP) is 4.02. The maximum atomic E-state index is 13.7. The van der Waals surface area contributed by atoms with Crippen LogP contribution in [0, 0.1) is 24.1 Å². The Bertz CT molecular complexity index is 677. The van der Waals surface area contributed by atoms with E-state index in [1.807, 2.05) is 26.0 Å². The van der Waals surface area contributed by atoms with Crippen LogP contribution in [0.1, 0.15) is 23.6 Å². The molecule has 0 saturated carbocycles. The second kappa shape index (κ2) is 6.76. The Morgan fingerprint density at radius 2 is 2.05 bits per heavy atom. The van der Waals surface area contributed by atoms with E-state index in [0.717, 1.165) is 11.1 Å². The summed E-state index contributed by atoms with van der Waals surface area (Å²) in [5, 5.41) is 12.0. The van der Waals surface area contributed by atoms with Crippen molar-refractivity contribution >= 4 is 5.69 Å². The van der Waals surface area contributed by atoms with Gasteiger partial charge in [-0.15, -0.1) is 0 Å². The number of anilines is 1. The molecule has 3 nitrogen and oxygen atoms in total. The number of rotatable bonds is 5. The first-order valence-electron chi connectivity index (χ1n) is 6.80. The Morgan fingerprint density at radius 1 is 1.24 bits per heavy atom. The van der Waals surface area contributed by atoms with Gasteiger partial charge in [0.1, 0.15) is 0 Å². The average Bonchev–Trinajstić information content (AvgIpc) is 2.48. The van der Waals surface area contributed by atoms with Crippen molar-refractivity contribution in [2.75, 3.05) is 11.9 Å². The number of hydrogen-bond donors (Lipinski definition) is 1. The van der Waals surface area contributed by atoms with E-state index in [-0.39, 0.29) is 11.6 Å². The first kappa shape index (κ1) is 14.9. The average molecular weight is 284 g/mol. The van der Waals surface area contributed by atoms with E-state index in [1.165, 1.54) is 6.07 Å². The molecule has 1 N–H and O–H groups in total. The van der Waals surface area contributed by atoms with Gasteiger partial charge >= 0.3 is 0 Å². The normalized spacial score (nSPS) is 10.0. The van der Waals surface area contributed by atoms with Gasteiger partial charge in [-0.05, 0) is 49.2 Å². The van der Waals surface area contributed by atoms with Gasteiger partial charge in [-0.25, -0.2) is 4.39 Å². The summed E-state index contributed by atoms with van der Waals surface area (Å²) in [7, 11) is 0. The third-order valence-corrected chi connectivity index (χ3v) is 3.19. The van der Waals surface area contributed by atoms with E-state index >= 15 is 0 Å². The molecular formula is C17H17FN2O. The molecule has 0 saturated heterocycles. The van der Waals surface area contributed by atoms with Gasteiger partial charge in [0.05, 0.1) is 18.2 Å². The molecule has 0 radical (unpaired) electrons. The Kier molecular flexibility index (Phi) is 4.78. The monoisotopic (exact) mass is 284 g/mol. The first-order chi connectivity index (χ1) is 10.1. The highest BCUT2D eigenvalue weighted by molar-refractivity contribution is 5.48. The van der Waals surface area contributed by atoms with E-state index in [2.05, 4.69) is 11.4 Å². The molecule has 2 aromatic carbocycles. The minimum absolute atomic E-state index is 0.262. The summed E-state index contributed by atoms with van der Waals surface area (Å²) in [5.74, 6) is -0.115. The molecule has 0 aromatic heterocycles. The second-order valence-corrected chi connectivity index (χ2v) is 4.68. The highest BCUT2D eigenvalue weighted by atomic mass is 19.1. The fourth-order valence-corrected chi connectivity index (χ4v) is 2.04. The van der Waals surface area contributed by atoms with Crippen molar-refractivity contribution < 1.29 is 9.13 Å². The van der Waals surface area contributed by atoms with Crippen LogP contribution in [0.5, 0.6) is 5.75 Å². The van der Waals surface area contributed by atoms with Gasteiger partial charge in [0.15, 0.2) is 11.6 Å². The van der Waals surface area contributed by atoms with Crippen molar-refractivity contribution in [1.82, 2.24) is 0 Å². The van der Waals surface area contributed by atoms with Crippen LogP contribution in [-0.2, 0) is 6.54 Å². The molecule has 0 spiro atoms. The quantitative estimate of drug-likeness (QED) is 0.902. The number of ether oxygens (including phenoxy) is 1. The maximum Gasteiger partial charge on any atom is 0.167 e. The van der Waals surface area contributed by atoms with Gasteiger partial charge in [0.25, 0.3) is 0 Å². The standard InChI is InChI=1S/C17H17FN2O/c1-3-21-17-7-6-15(9-16(17)18)20-11-14-5-4-13(10-19)8-12(14)2/h4-9,20H,3,11H2,1-2H3. The van der Waals surface area contributed by atoms with Gasteiger partial charge in [0.2, 0.25) is 0 Å². The van der Waals surface area contributed by atoms with Gasteiger partial charge in [-0.3, -0.25) is 0 Å². The highest BCUT2D eigenvalue weighted by Crippen LogP contribution is 2.22. The SMILES string of the molecule is CCOc1ccc(NCc2ccc(C#N)cc2C)cc1F. The number of nitrogens with zero attached hydrogens (tertiary/aromatic N) is 1. The lowest BCUT2D eigenvalue weighted by molar-refractivity contribution is 0.321. The van der Waals surface area contributed by atoms with E-state index < -0.39 is 0 Å². The Morgan fingerprint density at radius 3 is 2.67 bits per heavy atom. The number of aryl methyl sites for hydroxylation is 1. The predicted molar refractivity (Wildman–Crippen MR) is 80.8 cm³/mol. The third-order valence-electron chi connectivity index (χ3n) is 3.19. The highest BCUT2D eigenvalue weighted by Gasteiger charge is 2.05. The topological polar surface area (TPSA) is 45.0 Å². The van der Waals surface area contributed by atoms with Crippen LogP contribution in [0.4, 0.5) is 10.1 Å². The lowest BCUT2D eigenvalue weighted by Crippen LogP contribution is -2.02. The second-order valence-electron chi connectivity index (χ2n) is 4.68. The molecule has 0 atom stereocenters. The van der Waals surface area contributed by atoms with E-state index in [0.29, 0.717) is 24.4 Å². The molecule has 2 aromatic rings. The lowest BCUT2D eigenvalue weighted by Gasteiger charge is -2.11. The van der Waals surface area contributed by atoms with Crippen molar-refractivity contribution in [3.8, 4) is 11.8 Å². The molecular weight excluding hydrogens is 267 g/mol.